The molecule has 0 spiro atoms. The molecule has 9 heteroatoms. The lowest BCUT2D eigenvalue weighted by Gasteiger charge is -2.03. The van der Waals surface area contributed by atoms with Crippen LogP contribution in [0.2, 0.25) is 0 Å². The van der Waals surface area contributed by atoms with Gasteiger partial charge in [0.05, 0.1) is 11.6 Å². The summed E-state index contributed by atoms with van der Waals surface area (Å²) in [6.07, 6.45) is 0.553. The molecule has 3 N–H and O–H groups in total. The number of aromatic nitrogens is 1. The van der Waals surface area contributed by atoms with Gasteiger partial charge in [-0.25, -0.2) is 18.1 Å². The summed E-state index contributed by atoms with van der Waals surface area (Å²) in [4.78, 5) is 4.34. The molecular formula is C11H14BrN3O3S2. The van der Waals surface area contributed by atoms with Crippen LogP contribution in [-0.2, 0) is 23.0 Å². The van der Waals surface area contributed by atoms with Crippen molar-refractivity contribution in [2.24, 2.45) is 5.73 Å². The first-order valence-electron chi connectivity index (χ1n) is 5.81. The highest BCUT2D eigenvalue weighted by Crippen LogP contribution is 2.25. The minimum absolute atomic E-state index is 0.0632. The number of sulfonamides is 1. The van der Waals surface area contributed by atoms with Gasteiger partial charge < -0.3 is 10.2 Å². The molecule has 0 bridgehead atoms. The molecular weight excluding hydrogens is 366 g/mol. The van der Waals surface area contributed by atoms with Crippen LogP contribution in [-0.4, -0.2) is 19.9 Å². The zero-order chi connectivity index (χ0) is 14.8. The number of nitrogens with zero attached hydrogens (tertiary/aromatic N) is 1. The third-order valence-corrected chi connectivity index (χ3v) is 5.84. The number of halogens is 1. The van der Waals surface area contributed by atoms with Crippen LogP contribution in [0.3, 0.4) is 0 Å². The first-order valence-corrected chi connectivity index (χ1v) is 8.97. The molecule has 0 aromatic carbocycles. The second-order valence-electron chi connectivity index (χ2n) is 4.09. The Bertz CT molecular complexity index is 694. The minimum atomic E-state index is -3.61. The highest BCUT2D eigenvalue weighted by molar-refractivity contribution is 9.10. The lowest BCUT2D eigenvalue weighted by atomic mass is 10.4. The van der Waals surface area contributed by atoms with Gasteiger partial charge in [0.2, 0.25) is 10.0 Å². The largest absolute Gasteiger partial charge is 0.452 e. The second-order valence-corrected chi connectivity index (χ2v) is 7.48. The standard InChI is InChI=1S/C11H14BrN3O3S2/c1-7-6-19-10(15-7)2-3-14-20(16,17)9-4-8(5-13)18-11(9)12/h4,6,14H,2-3,5,13H2,1H3. The van der Waals surface area contributed by atoms with Crippen LogP contribution < -0.4 is 10.5 Å². The smallest absolute Gasteiger partial charge is 0.244 e. The molecule has 2 rings (SSSR count). The molecule has 0 aliphatic heterocycles. The Hall–Kier alpha value is -0.740. The Morgan fingerprint density at radius 2 is 2.30 bits per heavy atom. The number of thiazole rings is 1. The van der Waals surface area contributed by atoms with E-state index in [-0.39, 0.29) is 22.7 Å². The number of rotatable bonds is 6. The Morgan fingerprint density at radius 1 is 1.55 bits per heavy atom. The van der Waals surface area contributed by atoms with Crippen molar-refractivity contribution in [3.63, 3.8) is 0 Å². The second kappa shape index (κ2) is 6.35. The Balaban J connectivity index is 2.01. The number of furan rings is 1. The summed E-state index contributed by atoms with van der Waals surface area (Å²) in [7, 11) is -3.61. The molecule has 0 fully saturated rings. The van der Waals surface area contributed by atoms with E-state index in [2.05, 4.69) is 25.6 Å². The van der Waals surface area contributed by atoms with E-state index >= 15 is 0 Å². The van der Waals surface area contributed by atoms with Gasteiger partial charge in [-0.2, -0.15) is 0 Å². The molecule has 2 heterocycles. The summed E-state index contributed by atoms with van der Waals surface area (Å²) in [5.41, 5.74) is 6.36. The summed E-state index contributed by atoms with van der Waals surface area (Å²) in [5, 5.41) is 2.84. The Kier molecular flexibility index (Phi) is 4.97. The van der Waals surface area contributed by atoms with Gasteiger partial charge in [-0.1, -0.05) is 0 Å². The van der Waals surface area contributed by atoms with Crippen LogP contribution in [0.4, 0.5) is 0 Å². The highest BCUT2D eigenvalue weighted by Gasteiger charge is 2.21. The predicted octanol–water partition coefficient (Wildman–Crippen LogP) is 1.79. The Labute approximate surface area is 129 Å². The van der Waals surface area contributed by atoms with Crippen LogP contribution in [0.15, 0.2) is 25.4 Å². The van der Waals surface area contributed by atoms with Crippen LogP contribution in [0.25, 0.3) is 0 Å². The molecule has 0 aliphatic carbocycles. The number of aryl methyl sites for hydroxylation is 1. The maximum absolute atomic E-state index is 12.1. The molecule has 2 aromatic rings. The topological polar surface area (TPSA) is 98.2 Å². The van der Waals surface area contributed by atoms with E-state index in [1.54, 1.807) is 0 Å². The first kappa shape index (κ1) is 15.6. The quantitative estimate of drug-likeness (QED) is 0.796. The zero-order valence-corrected chi connectivity index (χ0v) is 13.9. The van der Waals surface area contributed by atoms with E-state index in [0.29, 0.717) is 12.2 Å². The Morgan fingerprint density at radius 3 is 2.85 bits per heavy atom. The fraction of sp³-hybridized carbons (Fsp3) is 0.364. The zero-order valence-electron chi connectivity index (χ0n) is 10.7. The number of nitrogens with one attached hydrogen (secondary N) is 1. The first-order chi connectivity index (χ1) is 9.42. The lowest BCUT2D eigenvalue weighted by Crippen LogP contribution is -2.25. The van der Waals surface area contributed by atoms with Gasteiger partial charge in [-0.3, -0.25) is 0 Å². The molecule has 0 amide bonds. The van der Waals surface area contributed by atoms with E-state index in [9.17, 15) is 8.42 Å². The summed E-state index contributed by atoms with van der Waals surface area (Å²) in [6, 6.07) is 1.42. The molecule has 0 aliphatic rings. The summed E-state index contributed by atoms with van der Waals surface area (Å²) < 4.78 is 32.1. The highest BCUT2D eigenvalue weighted by atomic mass is 79.9. The van der Waals surface area contributed by atoms with Crippen molar-refractivity contribution in [1.82, 2.24) is 9.71 Å². The van der Waals surface area contributed by atoms with Gasteiger partial charge in [0, 0.05) is 30.1 Å². The molecule has 0 radical (unpaired) electrons. The molecule has 110 valence electrons. The minimum Gasteiger partial charge on any atom is -0.452 e. The van der Waals surface area contributed by atoms with E-state index in [4.69, 9.17) is 10.2 Å². The van der Waals surface area contributed by atoms with E-state index < -0.39 is 10.0 Å². The molecule has 0 saturated heterocycles. The van der Waals surface area contributed by atoms with Crippen molar-refractivity contribution in [2.75, 3.05) is 6.54 Å². The van der Waals surface area contributed by atoms with E-state index in [1.165, 1.54) is 17.4 Å². The monoisotopic (exact) mass is 379 g/mol. The fourth-order valence-electron chi connectivity index (χ4n) is 1.57. The van der Waals surface area contributed by atoms with Crippen LogP contribution in [0.5, 0.6) is 0 Å². The number of nitrogens with two attached hydrogens (primary N) is 1. The van der Waals surface area contributed by atoms with Crippen LogP contribution >= 0.6 is 27.3 Å². The van der Waals surface area contributed by atoms with Crippen molar-refractivity contribution in [3.8, 4) is 0 Å². The van der Waals surface area contributed by atoms with E-state index in [1.807, 2.05) is 12.3 Å². The third kappa shape index (κ3) is 3.67. The average molecular weight is 380 g/mol. The molecule has 20 heavy (non-hydrogen) atoms. The average Bonchev–Trinajstić information content (AvgIpc) is 2.95. The van der Waals surface area contributed by atoms with Crippen molar-refractivity contribution < 1.29 is 12.8 Å². The third-order valence-electron chi connectivity index (χ3n) is 2.49. The van der Waals surface area contributed by atoms with Crippen molar-refractivity contribution in [1.29, 1.82) is 0 Å². The SMILES string of the molecule is Cc1csc(CCNS(=O)(=O)c2cc(CN)oc2Br)n1. The lowest BCUT2D eigenvalue weighted by molar-refractivity contribution is 0.483. The summed E-state index contributed by atoms with van der Waals surface area (Å²) >= 11 is 4.60. The van der Waals surface area contributed by atoms with Crippen molar-refractivity contribution >= 4 is 37.3 Å². The molecule has 0 atom stereocenters. The molecule has 2 aromatic heterocycles. The van der Waals surface area contributed by atoms with Gasteiger partial charge in [0.25, 0.3) is 0 Å². The van der Waals surface area contributed by atoms with Crippen LogP contribution in [0.1, 0.15) is 16.5 Å². The summed E-state index contributed by atoms with van der Waals surface area (Å²) in [5.74, 6) is 0.410. The van der Waals surface area contributed by atoms with E-state index in [0.717, 1.165) is 10.7 Å². The van der Waals surface area contributed by atoms with Gasteiger partial charge in [0.15, 0.2) is 4.67 Å². The fourth-order valence-corrected chi connectivity index (χ4v) is 4.37. The van der Waals surface area contributed by atoms with Gasteiger partial charge in [0.1, 0.15) is 10.7 Å². The molecule has 6 nitrogen and oxygen atoms in total. The summed E-state index contributed by atoms with van der Waals surface area (Å²) in [6.45, 7) is 2.33. The van der Waals surface area contributed by atoms with Gasteiger partial charge >= 0.3 is 0 Å². The van der Waals surface area contributed by atoms with Crippen molar-refractivity contribution in [3.05, 3.63) is 32.6 Å². The normalized spacial score (nSPS) is 11.9. The van der Waals surface area contributed by atoms with Gasteiger partial charge in [-0.05, 0) is 22.9 Å². The van der Waals surface area contributed by atoms with Crippen molar-refractivity contribution in [2.45, 2.75) is 24.8 Å². The predicted molar refractivity (Wildman–Crippen MR) is 80.0 cm³/mol. The number of hydrogen-bond donors (Lipinski definition) is 2. The van der Waals surface area contributed by atoms with Gasteiger partial charge in [-0.15, -0.1) is 11.3 Å². The molecule has 0 unspecified atom stereocenters. The molecule has 0 saturated carbocycles. The maximum Gasteiger partial charge on any atom is 0.244 e. The number of hydrogen-bond acceptors (Lipinski definition) is 6. The maximum atomic E-state index is 12.1. The van der Waals surface area contributed by atoms with Crippen LogP contribution in [0, 0.1) is 6.92 Å².